The van der Waals surface area contributed by atoms with Crippen LogP contribution in [0.4, 0.5) is 5.69 Å². The van der Waals surface area contributed by atoms with E-state index in [9.17, 15) is 10.1 Å². The number of rotatable bonds is 3. The quantitative estimate of drug-likeness (QED) is 0.466. The SMILES string of the molecule is O=[N+]([O-])c1ccc(C[C@@H]2CC2(Cl)Cl)cc1. The van der Waals surface area contributed by atoms with Gasteiger partial charge in [0.25, 0.3) is 5.69 Å². The fourth-order valence-corrected chi connectivity index (χ4v) is 2.06. The van der Waals surface area contributed by atoms with E-state index < -0.39 is 9.26 Å². The van der Waals surface area contributed by atoms with Gasteiger partial charge >= 0.3 is 0 Å². The highest BCUT2D eigenvalue weighted by molar-refractivity contribution is 6.50. The summed E-state index contributed by atoms with van der Waals surface area (Å²) in [4.78, 5) is 10.0. The van der Waals surface area contributed by atoms with Gasteiger partial charge in [-0.3, -0.25) is 10.1 Å². The fourth-order valence-electron chi connectivity index (χ4n) is 1.53. The molecular formula is C10H9Cl2NO2. The molecule has 5 heteroatoms. The van der Waals surface area contributed by atoms with E-state index in [0.29, 0.717) is 0 Å². The molecule has 1 aromatic carbocycles. The van der Waals surface area contributed by atoms with Crippen LogP contribution in [-0.2, 0) is 6.42 Å². The number of nitro benzene ring substituents is 1. The number of nitro groups is 1. The zero-order chi connectivity index (χ0) is 11.1. The van der Waals surface area contributed by atoms with Crippen LogP contribution in [0.25, 0.3) is 0 Å². The van der Waals surface area contributed by atoms with Crippen molar-refractivity contribution in [2.45, 2.75) is 17.2 Å². The van der Waals surface area contributed by atoms with Crippen molar-refractivity contribution in [2.75, 3.05) is 0 Å². The van der Waals surface area contributed by atoms with Crippen molar-refractivity contribution in [1.29, 1.82) is 0 Å². The van der Waals surface area contributed by atoms with Crippen LogP contribution in [0.5, 0.6) is 0 Å². The van der Waals surface area contributed by atoms with E-state index in [2.05, 4.69) is 0 Å². The second kappa shape index (κ2) is 3.65. The van der Waals surface area contributed by atoms with Crippen LogP contribution in [0, 0.1) is 16.0 Å². The molecule has 1 atom stereocenters. The van der Waals surface area contributed by atoms with Crippen molar-refractivity contribution >= 4 is 28.9 Å². The lowest BCUT2D eigenvalue weighted by Gasteiger charge is -2.00. The molecule has 0 aliphatic heterocycles. The van der Waals surface area contributed by atoms with E-state index in [1.54, 1.807) is 12.1 Å². The van der Waals surface area contributed by atoms with Gasteiger partial charge in [-0.2, -0.15) is 0 Å². The molecule has 0 heterocycles. The molecular weight excluding hydrogens is 237 g/mol. The van der Waals surface area contributed by atoms with Crippen LogP contribution in [0.3, 0.4) is 0 Å². The van der Waals surface area contributed by atoms with Gasteiger partial charge in [0.1, 0.15) is 4.33 Å². The molecule has 0 saturated heterocycles. The summed E-state index contributed by atoms with van der Waals surface area (Å²) in [5.41, 5.74) is 1.14. The Morgan fingerprint density at radius 2 is 1.93 bits per heavy atom. The van der Waals surface area contributed by atoms with Gasteiger partial charge in [-0.25, -0.2) is 0 Å². The molecule has 0 amide bonds. The zero-order valence-corrected chi connectivity index (χ0v) is 9.33. The molecule has 15 heavy (non-hydrogen) atoms. The third-order valence-corrected chi connectivity index (χ3v) is 3.51. The molecule has 0 radical (unpaired) electrons. The molecule has 0 aromatic heterocycles. The monoisotopic (exact) mass is 245 g/mol. The van der Waals surface area contributed by atoms with E-state index in [4.69, 9.17) is 23.2 Å². The third kappa shape index (κ3) is 2.41. The van der Waals surface area contributed by atoms with E-state index >= 15 is 0 Å². The molecule has 1 aliphatic rings. The second-order valence-electron chi connectivity index (χ2n) is 3.79. The lowest BCUT2D eigenvalue weighted by molar-refractivity contribution is -0.384. The highest BCUT2D eigenvalue weighted by Crippen LogP contribution is 2.54. The van der Waals surface area contributed by atoms with Crippen molar-refractivity contribution in [3.05, 3.63) is 39.9 Å². The summed E-state index contributed by atoms with van der Waals surface area (Å²) in [6, 6.07) is 6.50. The second-order valence-corrected chi connectivity index (χ2v) is 5.33. The molecule has 2 rings (SSSR count). The molecule has 0 unspecified atom stereocenters. The van der Waals surface area contributed by atoms with Gasteiger partial charge < -0.3 is 0 Å². The van der Waals surface area contributed by atoms with Crippen LogP contribution in [0.15, 0.2) is 24.3 Å². The van der Waals surface area contributed by atoms with Crippen molar-refractivity contribution in [3.8, 4) is 0 Å². The van der Waals surface area contributed by atoms with Crippen LogP contribution in [-0.4, -0.2) is 9.26 Å². The normalized spacial score (nSPS) is 22.4. The summed E-state index contributed by atoms with van der Waals surface area (Å²) in [5, 5.41) is 10.4. The highest BCUT2D eigenvalue weighted by Gasteiger charge is 2.51. The Labute approximate surface area is 97.1 Å². The molecule has 1 fully saturated rings. The lowest BCUT2D eigenvalue weighted by Crippen LogP contribution is -1.95. The summed E-state index contributed by atoms with van der Waals surface area (Å²) in [5.74, 6) is 0.280. The zero-order valence-electron chi connectivity index (χ0n) is 7.82. The van der Waals surface area contributed by atoms with Gasteiger partial charge in [0, 0.05) is 12.1 Å². The Kier molecular flexibility index (Phi) is 2.61. The summed E-state index contributed by atoms with van der Waals surface area (Å²) >= 11 is 11.8. The third-order valence-electron chi connectivity index (χ3n) is 2.58. The van der Waals surface area contributed by atoms with Crippen molar-refractivity contribution < 1.29 is 4.92 Å². The molecule has 0 spiro atoms. The van der Waals surface area contributed by atoms with Crippen molar-refractivity contribution in [2.24, 2.45) is 5.92 Å². The Hall–Kier alpha value is -0.800. The number of non-ortho nitro benzene ring substituents is 1. The first kappa shape index (κ1) is 10.7. The number of halogens is 2. The molecule has 3 nitrogen and oxygen atoms in total. The van der Waals surface area contributed by atoms with E-state index in [1.807, 2.05) is 0 Å². The number of alkyl halides is 2. The number of nitrogens with zero attached hydrogens (tertiary/aromatic N) is 1. The number of hydrogen-bond donors (Lipinski definition) is 0. The standard InChI is InChI=1S/C10H9Cl2NO2/c11-10(12)6-8(10)5-7-1-3-9(4-2-7)13(14)15/h1-4,8H,5-6H2/t8-/m1/s1. The first-order valence-electron chi connectivity index (χ1n) is 4.60. The topological polar surface area (TPSA) is 43.1 Å². The average Bonchev–Trinajstić information content (AvgIpc) is 2.74. The summed E-state index contributed by atoms with van der Waals surface area (Å²) in [7, 11) is 0. The van der Waals surface area contributed by atoms with Crippen LogP contribution < -0.4 is 0 Å². The molecule has 1 saturated carbocycles. The maximum absolute atomic E-state index is 10.4. The van der Waals surface area contributed by atoms with Gasteiger partial charge in [-0.05, 0) is 24.3 Å². The van der Waals surface area contributed by atoms with E-state index in [1.165, 1.54) is 12.1 Å². The lowest BCUT2D eigenvalue weighted by atomic mass is 10.1. The van der Waals surface area contributed by atoms with Crippen LogP contribution in [0.1, 0.15) is 12.0 Å². The highest BCUT2D eigenvalue weighted by atomic mass is 35.5. The Bertz CT molecular complexity index is 389. The van der Waals surface area contributed by atoms with Crippen LogP contribution >= 0.6 is 23.2 Å². The minimum Gasteiger partial charge on any atom is -0.258 e. The predicted molar refractivity (Wildman–Crippen MR) is 59.3 cm³/mol. The van der Waals surface area contributed by atoms with E-state index in [-0.39, 0.29) is 11.6 Å². The molecule has 0 N–H and O–H groups in total. The van der Waals surface area contributed by atoms with Crippen molar-refractivity contribution in [1.82, 2.24) is 0 Å². The smallest absolute Gasteiger partial charge is 0.258 e. The first-order chi connectivity index (χ1) is 6.99. The van der Waals surface area contributed by atoms with Gasteiger partial charge in [0.2, 0.25) is 0 Å². The Morgan fingerprint density at radius 3 is 2.33 bits per heavy atom. The molecule has 1 aliphatic carbocycles. The minimum atomic E-state index is -0.582. The number of benzene rings is 1. The largest absolute Gasteiger partial charge is 0.269 e. The van der Waals surface area contributed by atoms with Crippen LogP contribution in [0.2, 0.25) is 0 Å². The Balaban J connectivity index is 2.02. The molecule has 80 valence electrons. The van der Waals surface area contributed by atoms with Gasteiger partial charge in [0.05, 0.1) is 4.92 Å². The first-order valence-corrected chi connectivity index (χ1v) is 5.36. The minimum absolute atomic E-state index is 0.109. The van der Waals surface area contributed by atoms with E-state index in [0.717, 1.165) is 18.4 Å². The van der Waals surface area contributed by atoms with Gasteiger partial charge in [-0.1, -0.05) is 12.1 Å². The van der Waals surface area contributed by atoms with Crippen molar-refractivity contribution in [3.63, 3.8) is 0 Å². The summed E-state index contributed by atoms with van der Waals surface area (Å²) < 4.78 is -0.582. The maximum Gasteiger partial charge on any atom is 0.269 e. The predicted octanol–water partition coefficient (Wildman–Crippen LogP) is 3.33. The molecule has 0 bridgehead atoms. The average molecular weight is 246 g/mol. The Morgan fingerprint density at radius 1 is 1.40 bits per heavy atom. The fraction of sp³-hybridized carbons (Fsp3) is 0.400. The summed E-state index contributed by atoms with van der Waals surface area (Å²) in [6.07, 6.45) is 1.58. The van der Waals surface area contributed by atoms with Gasteiger partial charge in [-0.15, -0.1) is 23.2 Å². The maximum atomic E-state index is 10.4. The molecule has 1 aromatic rings. The van der Waals surface area contributed by atoms with Gasteiger partial charge in [0.15, 0.2) is 0 Å². The summed E-state index contributed by atoms with van der Waals surface area (Å²) in [6.45, 7) is 0. The number of hydrogen-bond acceptors (Lipinski definition) is 2.